The van der Waals surface area contributed by atoms with Gasteiger partial charge in [0.1, 0.15) is 13.6 Å². The van der Waals surface area contributed by atoms with Crippen molar-refractivity contribution in [3.8, 4) is 0 Å². The van der Waals surface area contributed by atoms with Crippen molar-refractivity contribution in [2.24, 2.45) is 0 Å². The molecule has 0 fully saturated rings. The molecule has 1 radical (unpaired) electrons. The second-order valence-electron chi connectivity index (χ2n) is 27.3. The van der Waals surface area contributed by atoms with Gasteiger partial charge in [-0.1, -0.05) is 198 Å². The van der Waals surface area contributed by atoms with Gasteiger partial charge in [-0.25, -0.2) is 37.3 Å². The molecule has 4 aliphatic heterocycles. The number of halogens is 2. The van der Waals surface area contributed by atoms with E-state index in [4.69, 9.17) is 87.8 Å². The molecule has 531 valence electrons. The molecule has 99 heavy (non-hydrogen) atoms. The standard InChI is InChI=1S/C39H45N2.C27H33N2.2C7H8S2.2ClHO4.Cu/c1-7-9-26-40-32-24-22-28-16-11-13-18-30(28)36(32)38(3,4)34(40)20-15-21-35-39(5,6)37-31-19-14-12-17-29(31)23-25-33(37)41(35)27-10-8-2;1-18-12-14-22-20(16-18)26(3,4)24(28(22)7)10-9-11-25-27(5,6)21-17-19(2)13-15-23(21)29(25)8;2*1-5-2-3-6(8)7(9)4-5;2*2-1(3,4)5;/h11-25H,7-10,26-27H2,1-6H3;9-17H,1-8H3;2*2-4,8-9H,1H3;2*(H,2,3,4,5);/q2*+1;;;;;/p-6. The van der Waals surface area contributed by atoms with E-state index in [0.717, 1.165) is 32.7 Å². The Hall–Kier alpha value is -6.16. The first-order chi connectivity index (χ1) is 45.7. The molecular formula is C80H90Cl2CuN4O8S4-4. The second-order valence-corrected chi connectivity index (χ2v) is 30.6. The number of anilines is 2. The monoisotopic (exact) mass is 1500 g/mol. The zero-order chi connectivity index (χ0) is 72.6. The zero-order valence-corrected chi connectivity index (χ0v) is 65.0. The molecule has 4 heterocycles. The summed E-state index contributed by atoms with van der Waals surface area (Å²) in [7, 11) is -5.53. The van der Waals surface area contributed by atoms with Crippen molar-refractivity contribution in [3.05, 3.63) is 238 Å². The summed E-state index contributed by atoms with van der Waals surface area (Å²) in [6, 6.07) is 52.1. The number of hydrogen-bond acceptors (Lipinski definition) is 14. The van der Waals surface area contributed by atoms with Crippen LogP contribution in [0.1, 0.15) is 139 Å². The molecule has 0 atom stereocenters. The third-order valence-corrected chi connectivity index (χ3v) is 20.2. The van der Waals surface area contributed by atoms with E-state index in [9.17, 15) is 0 Å². The molecule has 0 bridgehead atoms. The number of aryl methyl sites for hydroxylation is 4. The first-order valence-electron chi connectivity index (χ1n) is 32.7. The number of rotatable bonds is 10. The summed E-state index contributed by atoms with van der Waals surface area (Å²) >= 11 is 19.7. The number of nitrogens with zero attached hydrogens (tertiary/aromatic N) is 4. The van der Waals surface area contributed by atoms with Crippen LogP contribution in [-0.2, 0) is 89.2 Å². The van der Waals surface area contributed by atoms with E-state index < -0.39 is 20.5 Å². The van der Waals surface area contributed by atoms with Gasteiger partial charge in [-0.05, 0) is 131 Å². The number of fused-ring (bicyclic) bond motifs is 8. The summed E-state index contributed by atoms with van der Waals surface area (Å²) in [5, 5.41) is 5.41. The Bertz CT molecular complexity index is 4340. The van der Waals surface area contributed by atoms with Crippen LogP contribution < -0.4 is 47.1 Å². The first kappa shape index (κ1) is 81.8. The Morgan fingerprint density at radius 2 is 0.889 bits per heavy atom. The Labute approximate surface area is 624 Å². The quantitative estimate of drug-likeness (QED) is 0.0712. The molecule has 0 unspecified atom stereocenters. The SMILES string of the molecule is CCCCN1C(=CC=CC2=[N+](CCCC)c3ccc4ccccc4c3C2(C)C)C(C)(C)c2c1ccc1ccccc21.Cc1ccc([S-])c([S-])c1.Cc1ccc([S-])c([S-])c1.Cc1ccc2c(c1)C(C)(C)C(=CC=CC1=[N+](C)c3ccc(C)cc3C1(C)C)N2C.[Cu].[O-][Cl+3]([O-])([O-])[O-].[O-][Cl+3]([O-])([O-])[O-]. The molecule has 0 amide bonds. The third-order valence-electron chi connectivity index (χ3n) is 18.6. The van der Waals surface area contributed by atoms with Gasteiger partial charge in [0, 0.05) is 106 Å². The van der Waals surface area contributed by atoms with Gasteiger partial charge in [-0.3, -0.25) is 0 Å². The molecule has 8 aromatic carbocycles. The van der Waals surface area contributed by atoms with E-state index in [0.29, 0.717) is 0 Å². The minimum atomic E-state index is -4.94. The molecule has 19 heteroatoms. The van der Waals surface area contributed by atoms with E-state index in [1.54, 1.807) is 0 Å². The van der Waals surface area contributed by atoms with Crippen molar-refractivity contribution in [3.63, 3.8) is 0 Å². The van der Waals surface area contributed by atoms with Gasteiger partial charge in [-0.15, -0.1) is 20.5 Å². The molecule has 12 rings (SSSR count). The number of allylic oxidation sites excluding steroid dienone is 8. The normalized spacial score (nSPS) is 16.6. The van der Waals surface area contributed by atoms with Crippen LogP contribution in [0, 0.1) is 48.2 Å². The summed E-state index contributed by atoms with van der Waals surface area (Å²) in [4.78, 5) is 8.05. The van der Waals surface area contributed by atoms with Gasteiger partial charge < -0.3 is 60.3 Å². The molecule has 0 saturated carbocycles. The molecular weight excluding hydrogens is 1410 g/mol. The van der Waals surface area contributed by atoms with Crippen LogP contribution in [0.2, 0.25) is 0 Å². The summed E-state index contributed by atoms with van der Waals surface area (Å²) in [5.41, 5.74) is 21.4. The van der Waals surface area contributed by atoms with Gasteiger partial charge >= 0.3 is 0 Å². The number of benzene rings is 8. The fourth-order valence-electron chi connectivity index (χ4n) is 13.8. The van der Waals surface area contributed by atoms with Gasteiger partial charge in [0.25, 0.3) is 0 Å². The molecule has 12 nitrogen and oxygen atoms in total. The maximum absolute atomic E-state index is 8.49. The van der Waals surface area contributed by atoms with Crippen molar-refractivity contribution in [1.29, 1.82) is 0 Å². The van der Waals surface area contributed by atoms with Crippen LogP contribution in [0.3, 0.4) is 0 Å². The van der Waals surface area contributed by atoms with E-state index in [2.05, 4.69) is 262 Å². The average molecular weight is 1500 g/mol. The number of hydrogen-bond donors (Lipinski definition) is 0. The summed E-state index contributed by atoms with van der Waals surface area (Å²) < 4.78 is 72.9. The molecule has 4 aliphatic rings. The molecule has 0 spiro atoms. The minimum Gasteiger partial charge on any atom is -0.781 e. The number of likely N-dealkylation sites (N-methyl/N-ethyl adjacent to an activating group) is 1. The Balaban J connectivity index is 0.000000228. The number of unbranched alkanes of at least 4 members (excludes halogenated alkanes) is 2. The Kier molecular flexibility index (Phi) is 27.9. The van der Waals surface area contributed by atoms with Gasteiger partial charge in [0.15, 0.2) is 11.4 Å². The van der Waals surface area contributed by atoms with Gasteiger partial charge in [-0.2, -0.15) is 28.7 Å². The summed E-state index contributed by atoms with van der Waals surface area (Å²) in [5.74, 6) is 0. The van der Waals surface area contributed by atoms with Crippen LogP contribution in [0.5, 0.6) is 0 Å². The molecule has 0 aliphatic carbocycles. The Morgan fingerprint density at radius 3 is 1.40 bits per heavy atom. The molecule has 0 aromatic heterocycles. The molecule has 8 aromatic rings. The summed E-state index contributed by atoms with van der Waals surface area (Å²) in [6.45, 7) is 34.0. The van der Waals surface area contributed by atoms with Crippen molar-refractivity contribution < 1.29 is 84.0 Å². The zero-order valence-electron chi connectivity index (χ0n) is 59.3. The predicted octanol–water partition coefficient (Wildman–Crippen LogP) is 10.5. The first-order valence-corrected chi connectivity index (χ1v) is 36.8. The molecule has 0 saturated heterocycles. The topological polar surface area (TPSA) is 197 Å². The molecule has 0 N–H and O–H groups in total. The smallest absolute Gasteiger partial charge is 0.210 e. The fraction of sp³-hybridized carbons (Fsp3) is 0.325. The van der Waals surface area contributed by atoms with Crippen molar-refractivity contribution in [2.45, 2.75) is 164 Å². The van der Waals surface area contributed by atoms with Crippen LogP contribution in [0.4, 0.5) is 22.7 Å². The van der Waals surface area contributed by atoms with E-state index in [1.807, 2.05) is 50.2 Å². The van der Waals surface area contributed by atoms with Crippen molar-refractivity contribution in [1.82, 2.24) is 0 Å². The predicted molar refractivity (Wildman–Crippen MR) is 388 cm³/mol. The van der Waals surface area contributed by atoms with Crippen LogP contribution in [0.25, 0.3) is 21.5 Å². The van der Waals surface area contributed by atoms with Crippen molar-refractivity contribution >= 4 is 106 Å². The van der Waals surface area contributed by atoms with Gasteiger partial charge in [0.05, 0.1) is 10.8 Å². The second kappa shape index (κ2) is 33.8. The van der Waals surface area contributed by atoms with E-state index in [1.165, 1.54) is 137 Å². The minimum absolute atomic E-state index is 0. The maximum Gasteiger partial charge on any atom is 0.210 e. The van der Waals surface area contributed by atoms with E-state index in [-0.39, 0.29) is 38.7 Å². The maximum atomic E-state index is 8.49. The fourth-order valence-corrected chi connectivity index (χ4v) is 14.5. The van der Waals surface area contributed by atoms with Crippen LogP contribution >= 0.6 is 0 Å². The third kappa shape index (κ3) is 19.7. The van der Waals surface area contributed by atoms with Crippen LogP contribution in [0.15, 0.2) is 213 Å². The largest absolute Gasteiger partial charge is 0.781 e. The van der Waals surface area contributed by atoms with Crippen LogP contribution in [-0.4, -0.2) is 47.8 Å². The summed E-state index contributed by atoms with van der Waals surface area (Å²) in [6.07, 6.45) is 18.7. The van der Waals surface area contributed by atoms with Crippen molar-refractivity contribution in [2.75, 3.05) is 37.0 Å². The average Bonchev–Trinajstić information content (AvgIpc) is 1.59. The van der Waals surface area contributed by atoms with Gasteiger partial charge in [0.2, 0.25) is 11.4 Å². The van der Waals surface area contributed by atoms with E-state index >= 15 is 0 Å². The Morgan fingerprint density at radius 1 is 0.455 bits per heavy atom.